The second-order valence-corrected chi connectivity index (χ2v) is 5.89. The van der Waals surface area contributed by atoms with Crippen LogP contribution in [0.1, 0.15) is 30.9 Å². The van der Waals surface area contributed by atoms with Crippen molar-refractivity contribution in [3.63, 3.8) is 0 Å². The molecule has 21 heavy (non-hydrogen) atoms. The standard InChI is InChI=1S/C16H22ClNO3/c1-10-7-14(8-11(2)15(10)17)21-12(3)16(19)18-9-13-5-4-6-20-13/h7-8,12-13H,4-6,9H2,1-3H3,(H,18,19)/t12-,13-/m0/s1. The Hall–Kier alpha value is -1.26. The average Bonchev–Trinajstić information content (AvgIpc) is 2.95. The maximum atomic E-state index is 12.0. The molecule has 1 N–H and O–H groups in total. The number of nitrogens with one attached hydrogen (secondary N) is 1. The van der Waals surface area contributed by atoms with Gasteiger partial charge in [-0.15, -0.1) is 0 Å². The molecule has 2 atom stereocenters. The Kier molecular flexibility index (Phi) is 5.48. The molecule has 1 aromatic carbocycles. The molecule has 4 nitrogen and oxygen atoms in total. The minimum Gasteiger partial charge on any atom is -0.481 e. The topological polar surface area (TPSA) is 47.6 Å². The summed E-state index contributed by atoms with van der Waals surface area (Å²) >= 11 is 6.12. The van der Waals surface area contributed by atoms with Crippen LogP contribution in [0.25, 0.3) is 0 Å². The van der Waals surface area contributed by atoms with Gasteiger partial charge in [0.2, 0.25) is 0 Å². The Bertz CT molecular complexity index is 489. The third-order valence-corrected chi connectivity index (χ3v) is 4.22. The molecule has 5 heteroatoms. The monoisotopic (exact) mass is 311 g/mol. The molecule has 116 valence electrons. The lowest BCUT2D eigenvalue weighted by molar-refractivity contribution is -0.127. The van der Waals surface area contributed by atoms with Crippen molar-refractivity contribution in [1.82, 2.24) is 5.32 Å². The molecule has 1 aliphatic heterocycles. The number of halogens is 1. The van der Waals surface area contributed by atoms with Crippen molar-refractivity contribution in [3.05, 3.63) is 28.3 Å². The van der Waals surface area contributed by atoms with E-state index in [2.05, 4.69) is 5.32 Å². The second-order valence-electron chi connectivity index (χ2n) is 5.51. The number of carbonyl (C=O) groups is 1. The van der Waals surface area contributed by atoms with E-state index in [9.17, 15) is 4.79 Å². The first kappa shape index (κ1) is 16.1. The summed E-state index contributed by atoms with van der Waals surface area (Å²) in [4.78, 5) is 12.0. The Morgan fingerprint density at radius 1 is 1.48 bits per heavy atom. The van der Waals surface area contributed by atoms with E-state index < -0.39 is 6.10 Å². The molecule has 0 saturated carbocycles. The number of hydrogen-bond donors (Lipinski definition) is 1. The van der Waals surface area contributed by atoms with Crippen LogP contribution in [0.2, 0.25) is 5.02 Å². The summed E-state index contributed by atoms with van der Waals surface area (Å²) in [5.74, 6) is 0.532. The molecule has 1 fully saturated rings. The average molecular weight is 312 g/mol. The molecule has 1 amide bonds. The molecule has 1 aromatic rings. The second kappa shape index (κ2) is 7.14. The molecule has 0 spiro atoms. The van der Waals surface area contributed by atoms with Crippen LogP contribution >= 0.6 is 11.6 Å². The Balaban J connectivity index is 1.87. The minimum atomic E-state index is -0.550. The molecule has 0 bridgehead atoms. The van der Waals surface area contributed by atoms with Crippen molar-refractivity contribution in [1.29, 1.82) is 0 Å². The molecule has 0 aromatic heterocycles. The van der Waals surface area contributed by atoms with E-state index in [-0.39, 0.29) is 12.0 Å². The highest BCUT2D eigenvalue weighted by atomic mass is 35.5. The number of benzene rings is 1. The zero-order chi connectivity index (χ0) is 15.4. The number of rotatable bonds is 5. The minimum absolute atomic E-state index is 0.129. The lowest BCUT2D eigenvalue weighted by atomic mass is 10.1. The molecule has 2 rings (SSSR count). The van der Waals surface area contributed by atoms with Gasteiger partial charge in [0.05, 0.1) is 6.10 Å². The fraction of sp³-hybridized carbons (Fsp3) is 0.562. The summed E-state index contributed by atoms with van der Waals surface area (Å²) in [5.41, 5.74) is 1.89. The van der Waals surface area contributed by atoms with Crippen molar-refractivity contribution < 1.29 is 14.3 Å². The van der Waals surface area contributed by atoms with Crippen LogP contribution in [0.5, 0.6) is 5.75 Å². The van der Waals surface area contributed by atoms with Crippen molar-refractivity contribution in [2.45, 2.75) is 45.8 Å². The number of hydrogen-bond acceptors (Lipinski definition) is 3. The molecule has 0 radical (unpaired) electrons. The molecular weight excluding hydrogens is 290 g/mol. The lowest BCUT2D eigenvalue weighted by Crippen LogP contribution is -2.40. The van der Waals surface area contributed by atoms with Crippen LogP contribution in [-0.4, -0.2) is 31.3 Å². The quantitative estimate of drug-likeness (QED) is 0.909. The summed E-state index contributed by atoms with van der Waals surface area (Å²) in [6.07, 6.45) is 1.66. The highest BCUT2D eigenvalue weighted by Gasteiger charge is 2.19. The van der Waals surface area contributed by atoms with Gasteiger partial charge in [0.15, 0.2) is 6.10 Å². The van der Waals surface area contributed by atoms with Gasteiger partial charge in [0.25, 0.3) is 5.91 Å². The van der Waals surface area contributed by atoms with Crippen molar-refractivity contribution in [2.75, 3.05) is 13.2 Å². The molecule has 0 unspecified atom stereocenters. The van der Waals surface area contributed by atoms with Crippen molar-refractivity contribution >= 4 is 17.5 Å². The van der Waals surface area contributed by atoms with Gasteiger partial charge in [-0.25, -0.2) is 0 Å². The predicted octanol–water partition coefficient (Wildman–Crippen LogP) is 3.02. The van der Waals surface area contributed by atoms with E-state index in [1.54, 1.807) is 6.92 Å². The zero-order valence-corrected chi connectivity index (χ0v) is 13.5. The van der Waals surface area contributed by atoms with Gasteiger partial charge < -0.3 is 14.8 Å². The number of ether oxygens (including phenoxy) is 2. The van der Waals surface area contributed by atoms with Gasteiger partial charge in [-0.1, -0.05) is 11.6 Å². The fourth-order valence-electron chi connectivity index (χ4n) is 2.40. The first-order valence-corrected chi connectivity index (χ1v) is 7.68. The van der Waals surface area contributed by atoms with Crippen molar-refractivity contribution in [3.8, 4) is 5.75 Å². The smallest absolute Gasteiger partial charge is 0.260 e. The molecule has 0 aliphatic carbocycles. The SMILES string of the molecule is Cc1cc(O[C@@H](C)C(=O)NC[C@@H]2CCCO2)cc(C)c1Cl. The van der Waals surface area contributed by atoms with Crippen LogP contribution in [0.3, 0.4) is 0 Å². The van der Waals surface area contributed by atoms with Crippen LogP contribution in [0, 0.1) is 13.8 Å². The van der Waals surface area contributed by atoms with Gasteiger partial charge in [0.1, 0.15) is 5.75 Å². The molecule has 1 aliphatic rings. The summed E-state index contributed by atoms with van der Waals surface area (Å²) in [5, 5.41) is 3.60. The Morgan fingerprint density at radius 3 is 2.71 bits per heavy atom. The number of amides is 1. The van der Waals surface area contributed by atoms with Crippen LogP contribution < -0.4 is 10.1 Å². The van der Waals surface area contributed by atoms with Gasteiger partial charge in [-0.2, -0.15) is 0 Å². The highest BCUT2D eigenvalue weighted by molar-refractivity contribution is 6.32. The predicted molar refractivity (Wildman–Crippen MR) is 83.0 cm³/mol. The zero-order valence-electron chi connectivity index (χ0n) is 12.7. The van der Waals surface area contributed by atoms with E-state index in [4.69, 9.17) is 21.1 Å². The van der Waals surface area contributed by atoms with E-state index in [0.29, 0.717) is 12.3 Å². The molecule has 1 heterocycles. The van der Waals surface area contributed by atoms with E-state index in [1.807, 2.05) is 26.0 Å². The fourth-order valence-corrected chi connectivity index (χ4v) is 2.50. The first-order valence-electron chi connectivity index (χ1n) is 7.30. The van der Waals surface area contributed by atoms with Crippen molar-refractivity contribution in [2.24, 2.45) is 0 Å². The van der Waals surface area contributed by atoms with E-state index in [0.717, 1.165) is 35.6 Å². The lowest BCUT2D eigenvalue weighted by Gasteiger charge is -2.17. The van der Waals surface area contributed by atoms with Gasteiger partial charge in [0, 0.05) is 18.2 Å². The third kappa shape index (κ3) is 4.35. The van der Waals surface area contributed by atoms with E-state index in [1.165, 1.54) is 0 Å². The molecular formula is C16H22ClNO3. The van der Waals surface area contributed by atoms with Crippen LogP contribution in [-0.2, 0) is 9.53 Å². The number of aryl methyl sites for hydroxylation is 2. The van der Waals surface area contributed by atoms with Crippen LogP contribution in [0.4, 0.5) is 0 Å². The normalized spacial score (nSPS) is 19.3. The number of carbonyl (C=O) groups excluding carboxylic acids is 1. The largest absolute Gasteiger partial charge is 0.481 e. The summed E-state index contributed by atoms with van der Waals surface area (Å²) in [6, 6.07) is 3.69. The van der Waals surface area contributed by atoms with E-state index >= 15 is 0 Å². The summed E-state index contributed by atoms with van der Waals surface area (Å²) < 4.78 is 11.2. The summed E-state index contributed by atoms with van der Waals surface area (Å²) in [6.45, 7) is 6.92. The first-order chi connectivity index (χ1) is 9.97. The Morgan fingerprint density at radius 2 is 2.14 bits per heavy atom. The van der Waals surface area contributed by atoms with Gasteiger partial charge in [-0.05, 0) is 56.9 Å². The third-order valence-electron chi connectivity index (χ3n) is 3.62. The maximum Gasteiger partial charge on any atom is 0.260 e. The highest BCUT2D eigenvalue weighted by Crippen LogP contribution is 2.26. The van der Waals surface area contributed by atoms with Crippen LogP contribution in [0.15, 0.2) is 12.1 Å². The molecule has 1 saturated heterocycles. The summed E-state index contributed by atoms with van der Waals surface area (Å²) in [7, 11) is 0. The maximum absolute atomic E-state index is 12.0. The van der Waals surface area contributed by atoms with Gasteiger partial charge >= 0.3 is 0 Å². The Labute approximate surface area is 130 Å². The van der Waals surface area contributed by atoms with Gasteiger partial charge in [-0.3, -0.25) is 4.79 Å².